The third-order valence-corrected chi connectivity index (χ3v) is 5.02. The van der Waals surface area contributed by atoms with Crippen LogP contribution in [0, 0.1) is 16.7 Å². The van der Waals surface area contributed by atoms with E-state index in [0.717, 1.165) is 12.3 Å². The molecule has 0 amide bonds. The van der Waals surface area contributed by atoms with Gasteiger partial charge in [0.1, 0.15) is 6.10 Å². The van der Waals surface area contributed by atoms with Crippen molar-refractivity contribution >= 4 is 5.97 Å². The summed E-state index contributed by atoms with van der Waals surface area (Å²) in [6, 6.07) is 0. The van der Waals surface area contributed by atoms with Gasteiger partial charge >= 0.3 is 5.97 Å². The fourth-order valence-electron chi connectivity index (χ4n) is 3.51. The molecule has 14 heavy (non-hydrogen) atoms. The summed E-state index contributed by atoms with van der Waals surface area (Å²) in [6.45, 7) is 8.46. The molecular weight excluding hydrogens is 176 g/mol. The van der Waals surface area contributed by atoms with Crippen molar-refractivity contribution in [3.05, 3.63) is 0 Å². The summed E-state index contributed by atoms with van der Waals surface area (Å²) in [5.74, 6) is 0.622. The van der Waals surface area contributed by atoms with Crippen molar-refractivity contribution in [1.29, 1.82) is 0 Å². The highest BCUT2D eigenvalue weighted by atomic mass is 16.5. The third kappa shape index (κ3) is 1.06. The zero-order valence-corrected chi connectivity index (χ0v) is 9.59. The van der Waals surface area contributed by atoms with Crippen molar-refractivity contribution < 1.29 is 9.53 Å². The van der Waals surface area contributed by atoms with Crippen molar-refractivity contribution in [3.63, 3.8) is 0 Å². The summed E-state index contributed by atoms with van der Waals surface area (Å²) in [7, 11) is 0. The SMILES string of the molecule is CC(=O)O[C@@H]1C[C@@H]2CCC1(C)C2(C)C. The zero-order valence-electron chi connectivity index (χ0n) is 9.59. The lowest BCUT2D eigenvalue weighted by Gasteiger charge is -2.38. The molecule has 0 aliphatic heterocycles. The molecule has 0 N–H and O–H groups in total. The maximum atomic E-state index is 11.0. The Morgan fingerprint density at radius 1 is 1.36 bits per heavy atom. The number of rotatable bonds is 1. The van der Waals surface area contributed by atoms with Gasteiger partial charge in [-0.3, -0.25) is 4.79 Å². The van der Waals surface area contributed by atoms with Gasteiger partial charge in [0.2, 0.25) is 0 Å². The molecule has 80 valence electrons. The van der Waals surface area contributed by atoms with Crippen LogP contribution in [0.15, 0.2) is 0 Å². The number of esters is 1. The van der Waals surface area contributed by atoms with Crippen LogP contribution < -0.4 is 0 Å². The second-order valence-electron chi connectivity index (χ2n) is 5.71. The Kier molecular flexibility index (Phi) is 1.96. The van der Waals surface area contributed by atoms with E-state index in [9.17, 15) is 4.79 Å². The average molecular weight is 196 g/mol. The molecule has 2 saturated carbocycles. The van der Waals surface area contributed by atoms with E-state index in [0.29, 0.717) is 5.41 Å². The summed E-state index contributed by atoms with van der Waals surface area (Å²) < 4.78 is 5.44. The van der Waals surface area contributed by atoms with Gasteiger partial charge in [-0.05, 0) is 30.6 Å². The molecule has 2 fully saturated rings. The fourth-order valence-corrected chi connectivity index (χ4v) is 3.51. The van der Waals surface area contributed by atoms with Gasteiger partial charge in [0.25, 0.3) is 0 Å². The van der Waals surface area contributed by atoms with E-state index < -0.39 is 0 Å². The van der Waals surface area contributed by atoms with E-state index in [1.54, 1.807) is 0 Å². The lowest BCUT2D eigenvalue weighted by molar-refractivity contribution is -0.154. The van der Waals surface area contributed by atoms with Crippen molar-refractivity contribution in [2.45, 2.75) is 53.1 Å². The smallest absolute Gasteiger partial charge is 0.302 e. The predicted octanol–water partition coefficient (Wildman–Crippen LogP) is 2.76. The van der Waals surface area contributed by atoms with Crippen LogP contribution in [0.4, 0.5) is 0 Å². The third-order valence-electron chi connectivity index (χ3n) is 5.02. The molecule has 2 aliphatic rings. The summed E-state index contributed by atoms with van der Waals surface area (Å²) in [6.07, 6.45) is 3.75. The van der Waals surface area contributed by atoms with Gasteiger partial charge in [-0.25, -0.2) is 0 Å². The summed E-state index contributed by atoms with van der Waals surface area (Å²) in [5, 5.41) is 0. The van der Waals surface area contributed by atoms with Crippen LogP contribution in [0.25, 0.3) is 0 Å². The molecule has 3 atom stereocenters. The van der Waals surface area contributed by atoms with E-state index in [1.165, 1.54) is 19.8 Å². The summed E-state index contributed by atoms with van der Waals surface area (Å²) >= 11 is 0. The molecule has 2 nitrogen and oxygen atoms in total. The first-order chi connectivity index (χ1) is 6.38. The van der Waals surface area contributed by atoms with Crippen LogP contribution in [-0.2, 0) is 9.53 Å². The lowest BCUT2D eigenvalue weighted by atomic mass is 9.70. The molecule has 2 rings (SSSR count). The minimum atomic E-state index is -0.125. The summed E-state index contributed by atoms with van der Waals surface area (Å²) in [4.78, 5) is 11.0. The maximum absolute atomic E-state index is 11.0. The quantitative estimate of drug-likeness (QED) is 0.603. The minimum Gasteiger partial charge on any atom is -0.462 e. The number of ether oxygens (including phenoxy) is 1. The van der Waals surface area contributed by atoms with Gasteiger partial charge in [-0.15, -0.1) is 0 Å². The zero-order chi connectivity index (χ0) is 10.6. The van der Waals surface area contributed by atoms with Gasteiger partial charge < -0.3 is 4.74 Å². The van der Waals surface area contributed by atoms with Crippen LogP contribution in [0.2, 0.25) is 0 Å². The number of hydrogen-bond acceptors (Lipinski definition) is 2. The molecule has 0 aromatic heterocycles. The Morgan fingerprint density at radius 2 is 2.00 bits per heavy atom. The van der Waals surface area contributed by atoms with Gasteiger partial charge in [0, 0.05) is 12.3 Å². The van der Waals surface area contributed by atoms with Crippen molar-refractivity contribution in [2.75, 3.05) is 0 Å². The van der Waals surface area contributed by atoms with Crippen LogP contribution in [0.1, 0.15) is 47.0 Å². The number of hydrogen-bond donors (Lipinski definition) is 0. The highest BCUT2D eigenvalue weighted by Gasteiger charge is 2.62. The van der Waals surface area contributed by atoms with E-state index in [2.05, 4.69) is 20.8 Å². The lowest BCUT2D eigenvalue weighted by Crippen LogP contribution is -2.37. The molecule has 2 aliphatic carbocycles. The van der Waals surface area contributed by atoms with Gasteiger partial charge in [-0.1, -0.05) is 20.8 Å². The van der Waals surface area contributed by atoms with Crippen molar-refractivity contribution in [2.24, 2.45) is 16.7 Å². The maximum Gasteiger partial charge on any atom is 0.302 e. The second kappa shape index (κ2) is 2.74. The fraction of sp³-hybridized carbons (Fsp3) is 0.917. The average Bonchev–Trinajstić information content (AvgIpc) is 2.35. The van der Waals surface area contributed by atoms with E-state index in [-0.39, 0.29) is 17.5 Å². The largest absolute Gasteiger partial charge is 0.462 e. The number of fused-ring (bicyclic) bond motifs is 2. The molecule has 1 unspecified atom stereocenters. The molecule has 0 heterocycles. The minimum absolute atomic E-state index is 0.125. The topological polar surface area (TPSA) is 26.3 Å². The van der Waals surface area contributed by atoms with Crippen molar-refractivity contribution in [3.8, 4) is 0 Å². The first-order valence-electron chi connectivity index (χ1n) is 5.55. The standard InChI is InChI=1S/C12H20O2/c1-8(13)14-10-7-9-5-6-12(10,4)11(9,2)3/h9-10H,5-7H2,1-4H3/t9-,10+,12?/m0/s1. The molecule has 0 saturated heterocycles. The Balaban J connectivity index is 2.23. The molecule has 2 bridgehead atoms. The van der Waals surface area contributed by atoms with Gasteiger partial charge in [0.05, 0.1) is 0 Å². The Hall–Kier alpha value is -0.530. The molecule has 0 aromatic rings. The van der Waals surface area contributed by atoms with Crippen molar-refractivity contribution in [1.82, 2.24) is 0 Å². The highest BCUT2D eigenvalue weighted by molar-refractivity contribution is 5.66. The Morgan fingerprint density at radius 3 is 2.36 bits per heavy atom. The number of carbonyl (C=O) groups excluding carboxylic acids is 1. The Labute approximate surface area is 86.0 Å². The number of carbonyl (C=O) groups is 1. The van der Waals surface area contributed by atoms with E-state index >= 15 is 0 Å². The van der Waals surface area contributed by atoms with E-state index in [4.69, 9.17) is 4.74 Å². The monoisotopic (exact) mass is 196 g/mol. The first kappa shape index (κ1) is 10.0. The second-order valence-corrected chi connectivity index (χ2v) is 5.71. The van der Waals surface area contributed by atoms with Gasteiger partial charge in [0.15, 0.2) is 0 Å². The van der Waals surface area contributed by atoms with Gasteiger partial charge in [-0.2, -0.15) is 0 Å². The molecule has 0 spiro atoms. The molecule has 0 aromatic carbocycles. The predicted molar refractivity (Wildman–Crippen MR) is 54.8 cm³/mol. The van der Waals surface area contributed by atoms with Crippen LogP contribution in [0.3, 0.4) is 0 Å². The van der Waals surface area contributed by atoms with Crippen LogP contribution in [0.5, 0.6) is 0 Å². The van der Waals surface area contributed by atoms with Crippen LogP contribution in [-0.4, -0.2) is 12.1 Å². The Bertz CT molecular complexity index is 269. The highest BCUT2D eigenvalue weighted by Crippen LogP contribution is 2.66. The molecule has 0 radical (unpaired) electrons. The van der Waals surface area contributed by atoms with E-state index in [1.807, 2.05) is 0 Å². The molecular formula is C12H20O2. The van der Waals surface area contributed by atoms with Crippen LogP contribution >= 0.6 is 0 Å². The first-order valence-corrected chi connectivity index (χ1v) is 5.55. The molecule has 2 heteroatoms. The summed E-state index contributed by atoms with van der Waals surface area (Å²) in [5.41, 5.74) is 0.552. The normalized spacial score (nSPS) is 44.0.